The van der Waals surface area contributed by atoms with Gasteiger partial charge in [-0.25, -0.2) is 0 Å². The standard InChI is InChI=1S/C13H23N3OS/c1-13(2,3)11-8-16(6-4-5-14-11)7-10-9-18-12(17)15-10/h9,11,14H,4-8H2,1-3H3,(H,15,17). The van der Waals surface area contributed by atoms with Crippen molar-refractivity contribution in [2.24, 2.45) is 5.41 Å². The molecule has 4 nitrogen and oxygen atoms in total. The summed E-state index contributed by atoms with van der Waals surface area (Å²) >= 11 is 1.25. The van der Waals surface area contributed by atoms with Crippen molar-refractivity contribution in [2.45, 2.75) is 39.8 Å². The predicted molar refractivity (Wildman–Crippen MR) is 76.1 cm³/mol. The average Bonchev–Trinajstić information content (AvgIpc) is 2.53. The normalized spacial score (nSPS) is 22.9. The molecule has 1 unspecified atom stereocenters. The second-order valence-corrected chi connectivity index (χ2v) is 6.98. The van der Waals surface area contributed by atoms with Gasteiger partial charge in [0.25, 0.3) is 0 Å². The van der Waals surface area contributed by atoms with Crippen LogP contribution in [0.1, 0.15) is 32.9 Å². The van der Waals surface area contributed by atoms with Crippen molar-refractivity contribution in [3.8, 4) is 0 Å². The SMILES string of the molecule is CC(C)(C)C1CN(Cc2csc(=O)[nH]2)CCCN1. The van der Waals surface area contributed by atoms with Gasteiger partial charge in [-0.15, -0.1) is 0 Å². The van der Waals surface area contributed by atoms with Crippen molar-refractivity contribution >= 4 is 11.3 Å². The van der Waals surface area contributed by atoms with E-state index in [4.69, 9.17) is 0 Å². The van der Waals surface area contributed by atoms with Crippen molar-refractivity contribution in [3.63, 3.8) is 0 Å². The maximum atomic E-state index is 11.2. The number of nitrogens with one attached hydrogen (secondary N) is 2. The fourth-order valence-corrected chi connectivity index (χ4v) is 2.92. The van der Waals surface area contributed by atoms with Crippen LogP contribution in [0.25, 0.3) is 0 Å². The Labute approximate surface area is 112 Å². The van der Waals surface area contributed by atoms with E-state index in [0.29, 0.717) is 6.04 Å². The third kappa shape index (κ3) is 3.67. The van der Waals surface area contributed by atoms with E-state index in [0.717, 1.165) is 31.9 Å². The Morgan fingerprint density at radius 1 is 1.50 bits per heavy atom. The molecule has 0 bridgehead atoms. The molecule has 2 rings (SSSR count). The van der Waals surface area contributed by atoms with Crippen LogP contribution in [0.15, 0.2) is 10.2 Å². The summed E-state index contributed by atoms with van der Waals surface area (Å²) in [5.74, 6) is 0. The molecule has 18 heavy (non-hydrogen) atoms. The third-order valence-corrected chi connectivity index (χ3v) is 4.21. The highest BCUT2D eigenvalue weighted by Crippen LogP contribution is 2.22. The van der Waals surface area contributed by atoms with E-state index in [-0.39, 0.29) is 10.3 Å². The van der Waals surface area contributed by atoms with Crippen molar-refractivity contribution in [1.29, 1.82) is 0 Å². The van der Waals surface area contributed by atoms with Crippen LogP contribution in [-0.4, -0.2) is 35.6 Å². The van der Waals surface area contributed by atoms with Crippen LogP contribution in [0.5, 0.6) is 0 Å². The van der Waals surface area contributed by atoms with Gasteiger partial charge in [-0.3, -0.25) is 9.69 Å². The number of aromatic nitrogens is 1. The molecule has 0 aromatic carbocycles. The summed E-state index contributed by atoms with van der Waals surface area (Å²) in [6.45, 7) is 10.9. The quantitative estimate of drug-likeness (QED) is 0.858. The lowest BCUT2D eigenvalue weighted by Gasteiger charge is -2.33. The topological polar surface area (TPSA) is 48.1 Å². The highest BCUT2D eigenvalue weighted by Gasteiger charge is 2.28. The van der Waals surface area contributed by atoms with Crippen molar-refractivity contribution < 1.29 is 0 Å². The smallest absolute Gasteiger partial charge is 0.304 e. The number of thiazole rings is 1. The summed E-state index contributed by atoms with van der Waals surface area (Å²) in [4.78, 5) is 16.5. The first kappa shape index (κ1) is 13.8. The van der Waals surface area contributed by atoms with Crippen LogP contribution in [-0.2, 0) is 6.54 Å². The molecule has 0 aliphatic carbocycles. The van der Waals surface area contributed by atoms with Gasteiger partial charge < -0.3 is 10.3 Å². The van der Waals surface area contributed by atoms with Gasteiger partial charge in [0.2, 0.25) is 0 Å². The van der Waals surface area contributed by atoms with Crippen LogP contribution >= 0.6 is 11.3 Å². The predicted octanol–water partition coefficient (Wildman–Crippen LogP) is 1.65. The van der Waals surface area contributed by atoms with Gasteiger partial charge in [0, 0.05) is 30.2 Å². The lowest BCUT2D eigenvalue weighted by atomic mass is 9.86. The zero-order valence-corrected chi connectivity index (χ0v) is 12.3. The molecule has 1 aliphatic rings. The second-order valence-electron chi connectivity index (χ2n) is 6.13. The highest BCUT2D eigenvalue weighted by molar-refractivity contribution is 7.07. The molecular weight excluding hydrogens is 246 g/mol. The van der Waals surface area contributed by atoms with E-state index in [1.165, 1.54) is 17.8 Å². The van der Waals surface area contributed by atoms with E-state index in [9.17, 15) is 4.79 Å². The molecule has 0 saturated carbocycles. The van der Waals surface area contributed by atoms with Crippen LogP contribution in [0.4, 0.5) is 0 Å². The number of H-pyrrole nitrogens is 1. The molecule has 1 atom stereocenters. The Bertz CT molecular complexity index is 432. The minimum atomic E-state index is 0.0466. The molecule has 2 heterocycles. The van der Waals surface area contributed by atoms with E-state index >= 15 is 0 Å². The van der Waals surface area contributed by atoms with Crippen molar-refractivity contribution in [2.75, 3.05) is 19.6 Å². The summed E-state index contributed by atoms with van der Waals surface area (Å²) in [5, 5.41) is 5.57. The van der Waals surface area contributed by atoms with E-state index < -0.39 is 0 Å². The Morgan fingerprint density at radius 3 is 2.89 bits per heavy atom. The number of hydrogen-bond donors (Lipinski definition) is 2. The van der Waals surface area contributed by atoms with E-state index in [1.54, 1.807) is 0 Å². The van der Waals surface area contributed by atoms with Crippen molar-refractivity contribution in [3.05, 3.63) is 20.7 Å². The molecule has 5 heteroatoms. The summed E-state index contributed by atoms with van der Waals surface area (Å²) < 4.78 is 0. The molecule has 1 aromatic heterocycles. The van der Waals surface area contributed by atoms with Gasteiger partial charge in [-0.05, 0) is 24.9 Å². The number of rotatable bonds is 2. The monoisotopic (exact) mass is 269 g/mol. The van der Waals surface area contributed by atoms with Gasteiger partial charge >= 0.3 is 4.87 Å². The van der Waals surface area contributed by atoms with Crippen LogP contribution in [0.3, 0.4) is 0 Å². The first-order valence-corrected chi connectivity index (χ1v) is 7.45. The number of aromatic amines is 1. The van der Waals surface area contributed by atoms with Crippen LogP contribution < -0.4 is 10.2 Å². The number of nitrogens with zero attached hydrogens (tertiary/aromatic N) is 1. The Kier molecular flexibility index (Phi) is 4.25. The molecule has 1 aliphatic heterocycles. The summed E-state index contributed by atoms with van der Waals surface area (Å²) in [5.41, 5.74) is 1.31. The van der Waals surface area contributed by atoms with E-state index in [1.807, 2.05) is 5.38 Å². The molecule has 1 fully saturated rings. The Morgan fingerprint density at radius 2 is 2.28 bits per heavy atom. The zero-order chi connectivity index (χ0) is 13.2. The van der Waals surface area contributed by atoms with Gasteiger partial charge in [-0.1, -0.05) is 32.1 Å². The maximum Gasteiger partial charge on any atom is 0.304 e. The molecule has 0 spiro atoms. The average molecular weight is 269 g/mol. The summed E-state index contributed by atoms with van der Waals surface area (Å²) in [7, 11) is 0. The second kappa shape index (κ2) is 5.55. The minimum absolute atomic E-state index is 0.0466. The molecule has 2 N–H and O–H groups in total. The first-order valence-electron chi connectivity index (χ1n) is 6.57. The van der Waals surface area contributed by atoms with Gasteiger partial charge in [0.1, 0.15) is 0 Å². The Hall–Kier alpha value is -0.650. The fraction of sp³-hybridized carbons (Fsp3) is 0.769. The minimum Gasteiger partial charge on any atom is -0.315 e. The van der Waals surface area contributed by atoms with Gasteiger partial charge in [0.05, 0.1) is 0 Å². The van der Waals surface area contributed by atoms with E-state index in [2.05, 4.69) is 36.0 Å². The largest absolute Gasteiger partial charge is 0.315 e. The first-order chi connectivity index (χ1) is 8.45. The van der Waals surface area contributed by atoms with Gasteiger partial charge in [0.15, 0.2) is 0 Å². The molecule has 1 aromatic rings. The number of hydrogen-bond acceptors (Lipinski definition) is 4. The summed E-state index contributed by atoms with van der Waals surface area (Å²) in [6.07, 6.45) is 1.17. The summed E-state index contributed by atoms with van der Waals surface area (Å²) in [6, 6.07) is 0.505. The molecule has 1 saturated heterocycles. The third-order valence-electron chi connectivity index (χ3n) is 3.49. The maximum absolute atomic E-state index is 11.2. The lowest BCUT2D eigenvalue weighted by molar-refractivity contribution is 0.191. The molecule has 102 valence electrons. The lowest BCUT2D eigenvalue weighted by Crippen LogP contribution is -2.46. The van der Waals surface area contributed by atoms with Crippen molar-refractivity contribution in [1.82, 2.24) is 15.2 Å². The zero-order valence-electron chi connectivity index (χ0n) is 11.5. The molecule has 0 radical (unpaired) electrons. The molecule has 0 amide bonds. The Balaban J connectivity index is 2.01. The van der Waals surface area contributed by atoms with Crippen LogP contribution in [0, 0.1) is 5.41 Å². The fourth-order valence-electron chi connectivity index (χ4n) is 2.35. The molecular formula is C13H23N3OS. The van der Waals surface area contributed by atoms with Crippen LogP contribution in [0.2, 0.25) is 0 Å². The highest BCUT2D eigenvalue weighted by atomic mass is 32.1. The van der Waals surface area contributed by atoms with Gasteiger partial charge in [-0.2, -0.15) is 0 Å².